The van der Waals surface area contributed by atoms with Crippen LogP contribution in [0.4, 0.5) is 0 Å². The predicted molar refractivity (Wildman–Crippen MR) is 112 cm³/mol. The maximum Gasteiger partial charge on any atom is 0.202 e. The van der Waals surface area contributed by atoms with E-state index >= 15 is 0 Å². The average molecular weight is 421 g/mol. The van der Waals surface area contributed by atoms with Gasteiger partial charge in [-0.05, 0) is 35.7 Å². The molecular formula is C21H16N4O2S2. The molecule has 0 unspecified atom stereocenters. The van der Waals surface area contributed by atoms with Gasteiger partial charge in [-0.15, -0.1) is 21.5 Å². The Kier molecular flexibility index (Phi) is 5.02. The molecule has 0 aliphatic heterocycles. The molecule has 29 heavy (non-hydrogen) atoms. The van der Waals surface area contributed by atoms with Gasteiger partial charge in [-0.1, -0.05) is 41.2 Å². The van der Waals surface area contributed by atoms with Crippen LogP contribution in [0.2, 0.25) is 0 Å². The first kappa shape index (κ1) is 18.0. The number of hydrogen-bond donors (Lipinski definition) is 0. The lowest BCUT2D eigenvalue weighted by Crippen LogP contribution is -2.03. The molecule has 1 aromatic carbocycles. The third-order valence-corrected chi connectivity index (χ3v) is 6.14. The zero-order valence-electron chi connectivity index (χ0n) is 15.3. The van der Waals surface area contributed by atoms with Gasteiger partial charge in [0.05, 0.1) is 12.0 Å². The zero-order chi connectivity index (χ0) is 19.5. The van der Waals surface area contributed by atoms with Crippen molar-refractivity contribution in [2.75, 3.05) is 0 Å². The molecule has 0 aliphatic carbocycles. The quantitative estimate of drug-likeness (QED) is 0.326. The predicted octanol–water partition coefficient (Wildman–Crippen LogP) is 5.46. The van der Waals surface area contributed by atoms with Gasteiger partial charge in [0.25, 0.3) is 0 Å². The first-order valence-corrected chi connectivity index (χ1v) is 10.9. The van der Waals surface area contributed by atoms with Crippen molar-refractivity contribution in [2.24, 2.45) is 0 Å². The number of hydrogen-bond acceptors (Lipinski definition) is 7. The highest BCUT2D eigenvalue weighted by atomic mass is 32.2. The molecule has 0 radical (unpaired) electrons. The Hall–Kier alpha value is -3.10. The summed E-state index contributed by atoms with van der Waals surface area (Å²) in [6.07, 6.45) is 2.36. The minimum atomic E-state index is 0.619. The van der Waals surface area contributed by atoms with Crippen LogP contribution in [0.5, 0.6) is 0 Å². The molecule has 8 heteroatoms. The summed E-state index contributed by atoms with van der Waals surface area (Å²) in [5.74, 6) is 2.82. The van der Waals surface area contributed by atoms with Gasteiger partial charge in [0.2, 0.25) is 5.76 Å². The molecular weight excluding hydrogens is 404 g/mol. The van der Waals surface area contributed by atoms with Gasteiger partial charge >= 0.3 is 0 Å². The van der Waals surface area contributed by atoms with Gasteiger partial charge in [0, 0.05) is 28.8 Å². The number of para-hydroxylation sites is 1. The standard InChI is InChI=1S/C21H16N4O2S2/c1-2-6-16(7-3-1)25-20(13-17-8-5-11-28-17)22-23-21(25)29-14-15-12-19(27-24-15)18-9-4-10-26-18/h1-12H,13-14H2. The maximum absolute atomic E-state index is 5.39. The maximum atomic E-state index is 5.39. The lowest BCUT2D eigenvalue weighted by Gasteiger charge is -2.09. The summed E-state index contributed by atoms with van der Waals surface area (Å²) in [5, 5.41) is 16.0. The number of nitrogens with zero attached hydrogens (tertiary/aromatic N) is 4. The van der Waals surface area contributed by atoms with Crippen LogP contribution in [-0.4, -0.2) is 19.9 Å². The van der Waals surface area contributed by atoms with E-state index in [0.717, 1.165) is 28.8 Å². The first-order valence-electron chi connectivity index (χ1n) is 9.01. The van der Waals surface area contributed by atoms with Crippen molar-refractivity contribution in [2.45, 2.75) is 17.3 Å². The Morgan fingerprint density at radius 1 is 0.966 bits per heavy atom. The summed E-state index contributed by atoms with van der Waals surface area (Å²) in [4.78, 5) is 1.26. The van der Waals surface area contributed by atoms with Crippen molar-refractivity contribution in [3.8, 4) is 17.2 Å². The van der Waals surface area contributed by atoms with Crippen LogP contribution in [-0.2, 0) is 12.2 Å². The number of furan rings is 1. The lowest BCUT2D eigenvalue weighted by atomic mass is 10.3. The summed E-state index contributed by atoms with van der Waals surface area (Å²) in [6, 6.07) is 19.9. The normalized spacial score (nSPS) is 11.2. The minimum Gasteiger partial charge on any atom is -0.461 e. The van der Waals surface area contributed by atoms with Crippen molar-refractivity contribution >= 4 is 23.1 Å². The van der Waals surface area contributed by atoms with Crippen molar-refractivity contribution in [3.63, 3.8) is 0 Å². The van der Waals surface area contributed by atoms with Crippen LogP contribution >= 0.6 is 23.1 Å². The molecule has 144 valence electrons. The van der Waals surface area contributed by atoms with Gasteiger partial charge in [0.1, 0.15) is 5.82 Å². The van der Waals surface area contributed by atoms with Crippen LogP contribution in [0.15, 0.2) is 86.4 Å². The Balaban J connectivity index is 1.40. The van der Waals surface area contributed by atoms with Crippen LogP contribution in [0, 0.1) is 0 Å². The minimum absolute atomic E-state index is 0.619. The molecule has 0 atom stereocenters. The molecule has 0 bridgehead atoms. The largest absolute Gasteiger partial charge is 0.461 e. The highest BCUT2D eigenvalue weighted by Crippen LogP contribution is 2.28. The smallest absolute Gasteiger partial charge is 0.202 e. The van der Waals surface area contributed by atoms with Crippen LogP contribution in [0.25, 0.3) is 17.2 Å². The van der Waals surface area contributed by atoms with Crippen LogP contribution < -0.4 is 0 Å². The third kappa shape index (κ3) is 3.90. The summed E-state index contributed by atoms with van der Waals surface area (Å²) in [7, 11) is 0. The van der Waals surface area contributed by atoms with E-state index < -0.39 is 0 Å². The van der Waals surface area contributed by atoms with Crippen molar-refractivity contribution < 1.29 is 8.94 Å². The summed E-state index contributed by atoms with van der Waals surface area (Å²) in [5.41, 5.74) is 1.87. The molecule has 6 nitrogen and oxygen atoms in total. The second kappa shape index (κ2) is 8.10. The third-order valence-electron chi connectivity index (χ3n) is 4.30. The van der Waals surface area contributed by atoms with E-state index in [2.05, 4.69) is 49.6 Å². The fraction of sp³-hybridized carbons (Fsp3) is 0.0952. The van der Waals surface area contributed by atoms with E-state index in [-0.39, 0.29) is 0 Å². The first-order chi connectivity index (χ1) is 14.4. The van der Waals surface area contributed by atoms with E-state index in [9.17, 15) is 0 Å². The molecule has 4 heterocycles. The number of benzene rings is 1. The zero-order valence-corrected chi connectivity index (χ0v) is 16.9. The second-order valence-electron chi connectivity index (χ2n) is 6.27. The fourth-order valence-corrected chi connectivity index (χ4v) is 4.52. The van der Waals surface area contributed by atoms with E-state index in [0.29, 0.717) is 17.3 Å². The van der Waals surface area contributed by atoms with Gasteiger partial charge in [-0.2, -0.15) is 0 Å². The molecule has 4 aromatic heterocycles. The van der Waals surface area contributed by atoms with Gasteiger partial charge in [-0.25, -0.2) is 0 Å². The number of thiophene rings is 1. The average Bonchev–Trinajstić information content (AvgIpc) is 3.54. The highest BCUT2D eigenvalue weighted by Gasteiger charge is 2.17. The molecule has 0 amide bonds. The van der Waals surface area contributed by atoms with Crippen LogP contribution in [0.3, 0.4) is 0 Å². The Morgan fingerprint density at radius 2 is 1.90 bits per heavy atom. The Labute approximate surface area is 175 Å². The van der Waals surface area contributed by atoms with Gasteiger partial charge in [-0.3, -0.25) is 4.57 Å². The number of aromatic nitrogens is 4. The topological polar surface area (TPSA) is 69.9 Å². The molecule has 5 rings (SSSR count). The van der Waals surface area contributed by atoms with Crippen molar-refractivity contribution in [1.29, 1.82) is 0 Å². The van der Waals surface area contributed by atoms with E-state index in [1.807, 2.05) is 36.4 Å². The van der Waals surface area contributed by atoms with E-state index in [4.69, 9.17) is 8.94 Å². The van der Waals surface area contributed by atoms with Crippen LogP contribution in [0.1, 0.15) is 16.4 Å². The summed E-state index contributed by atoms with van der Waals surface area (Å²) in [6.45, 7) is 0. The van der Waals surface area contributed by atoms with Gasteiger partial charge in [0.15, 0.2) is 10.9 Å². The molecule has 5 aromatic rings. The van der Waals surface area contributed by atoms with E-state index in [1.54, 1.807) is 29.4 Å². The molecule has 0 spiro atoms. The van der Waals surface area contributed by atoms with E-state index in [1.165, 1.54) is 4.88 Å². The van der Waals surface area contributed by atoms with Gasteiger partial charge < -0.3 is 8.94 Å². The summed E-state index contributed by atoms with van der Waals surface area (Å²) < 4.78 is 12.9. The number of rotatable bonds is 7. The molecule has 0 saturated carbocycles. The number of thioether (sulfide) groups is 1. The molecule has 0 saturated heterocycles. The molecule has 0 aliphatic rings. The molecule has 0 N–H and O–H groups in total. The molecule has 0 fully saturated rings. The summed E-state index contributed by atoms with van der Waals surface area (Å²) >= 11 is 3.30. The van der Waals surface area contributed by atoms with Crippen molar-refractivity contribution in [1.82, 2.24) is 19.9 Å². The monoisotopic (exact) mass is 420 g/mol. The Morgan fingerprint density at radius 3 is 2.69 bits per heavy atom. The SMILES string of the molecule is c1ccc(-n2c(Cc3cccs3)nnc2SCc2cc(-c3ccco3)on2)cc1. The lowest BCUT2D eigenvalue weighted by molar-refractivity contribution is 0.413. The fourth-order valence-electron chi connectivity index (χ4n) is 2.97. The highest BCUT2D eigenvalue weighted by molar-refractivity contribution is 7.98. The Bertz CT molecular complexity index is 1180. The second-order valence-corrected chi connectivity index (χ2v) is 8.25. The van der Waals surface area contributed by atoms with Crippen molar-refractivity contribution in [3.05, 3.63) is 88.7 Å².